The number of halogens is 2. The van der Waals surface area contributed by atoms with Crippen LogP contribution < -0.4 is 10.2 Å². The maximum Gasteiger partial charge on any atom is 0.230 e. The van der Waals surface area contributed by atoms with Crippen LogP contribution in [0.5, 0.6) is 0 Å². The van der Waals surface area contributed by atoms with E-state index in [1.807, 2.05) is 6.92 Å². The van der Waals surface area contributed by atoms with E-state index in [0.29, 0.717) is 16.3 Å². The number of thioether (sulfide) groups is 1. The van der Waals surface area contributed by atoms with Gasteiger partial charge >= 0.3 is 0 Å². The van der Waals surface area contributed by atoms with Gasteiger partial charge in [-0.2, -0.15) is 0 Å². The smallest absolute Gasteiger partial charge is 0.230 e. The Morgan fingerprint density at radius 1 is 1.31 bits per heavy atom. The lowest BCUT2D eigenvalue weighted by Crippen LogP contribution is -2.34. The molecule has 6 heteroatoms. The third kappa shape index (κ3) is 6.38. The van der Waals surface area contributed by atoms with E-state index in [9.17, 15) is 9.18 Å². The number of rotatable bonds is 7. The second-order valence-electron chi connectivity index (χ2n) is 7.80. The zero-order valence-electron chi connectivity index (χ0n) is 17.0. The van der Waals surface area contributed by atoms with Crippen LogP contribution in [0.15, 0.2) is 42.5 Å². The summed E-state index contributed by atoms with van der Waals surface area (Å²) in [7, 11) is 0. The van der Waals surface area contributed by atoms with Gasteiger partial charge in [0.2, 0.25) is 5.91 Å². The molecule has 2 aromatic rings. The van der Waals surface area contributed by atoms with E-state index in [4.69, 9.17) is 11.6 Å². The molecule has 1 saturated heterocycles. The van der Waals surface area contributed by atoms with Crippen LogP contribution in [0.3, 0.4) is 0 Å². The number of carbonyl (C=O) groups is 1. The van der Waals surface area contributed by atoms with Gasteiger partial charge in [-0.3, -0.25) is 4.79 Å². The highest BCUT2D eigenvalue weighted by Crippen LogP contribution is 2.25. The van der Waals surface area contributed by atoms with Crippen molar-refractivity contribution in [3.8, 4) is 0 Å². The Labute approximate surface area is 182 Å². The molecule has 1 N–H and O–H groups in total. The first-order valence-electron chi connectivity index (χ1n) is 10.1. The molecule has 1 amide bonds. The van der Waals surface area contributed by atoms with Gasteiger partial charge in [-0.05, 0) is 61.1 Å². The van der Waals surface area contributed by atoms with Crippen LogP contribution in [0.4, 0.5) is 10.1 Å². The van der Waals surface area contributed by atoms with Crippen molar-refractivity contribution in [2.24, 2.45) is 5.92 Å². The third-order valence-electron chi connectivity index (χ3n) is 5.30. The molecule has 3 nitrogen and oxygen atoms in total. The summed E-state index contributed by atoms with van der Waals surface area (Å²) in [5.74, 6) is 1.08. The Morgan fingerprint density at radius 2 is 2.07 bits per heavy atom. The van der Waals surface area contributed by atoms with Gasteiger partial charge < -0.3 is 10.2 Å². The molecular formula is C23H28ClFN2OS. The Kier molecular flexibility index (Phi) is 7.84. The molecule has 2 unspecified atom stereocenters. The number of amides is 1. The van der Waals surface area contributed by atoms with E-state index in [1.165, 1.54) is 36.4 Å². The molecule has 0 radical (unpaired) electrons. The van der Waals surface area contributed by atoms with Crippen molar-refractivity contribution in [3.05, 3.63) is 64.4 Å². The zero-order chi connectivity index (χ0) is 20.8. The van der Waals surface area contributed by atoms with Gasteiger partial charge in [0.15, 0.2) is 0 Å². The first-order chi connectivity index (χ1) is 13.9. The van der Waals surface area contributed by atoms with E-state index in [1.54, 1.807) is 12.1 Å². The highest BCUT2D eigenvalue weighted by Gasteiger charge is 2.17. The monoisotopic (exact) mass is 434 g/mol. The van der Waals surface area contributed by atoms with Gasteiger partial charge in [0.25, 0.3) is 0 Å². The van der Waals surface area contributed by atoms with Gasteiger partial charge in [-0.15, -0.1) is 11.8 Å². The standard InChI is InChI=1S/C23H28ClFN2OS/c1-16-4-3-11-27(13-16)21-9-6-18(7-10-21)17(2)26-23(28)15-29-14-19-5-8-20(24)12-22(19)25/h5-10,12,16-17H,3-4,11,13-15H2,1-2H3,(H,26,28). The lowest BCUT2D eigenvalue weighted by molar-refractivity contribution is -0.119. The summed E-state index contributed by atoms with van der Waals surface area (Å²) in [6.45, 7) is 6.51. The van der Waals surface area contributed by atoms with Crippen LogP contribution in [0.1, 0.15) is 43.9 Å². The Hall–Kier alpha value is -1.72. The largest absolute Gasteiger partial charge is 0.371 e. The maximum absolute atomic E-state index is 13.8. The summed E-state index contributed by atoms with van der Waals surface area (Å²) in [6, 6.07) is 13.0. The molecule has 2 atom stereocenters. The van der Waals surface area contributed by atoms with E-state index in [0.717, 1.165) is 24.6 Å². The minimum absolute atomic E-state index is 0.0502. The predicted octanol–water partition coefficient (Wildman–Crippen LogP) is 5.83. The van der Waals surface area contributed by atoms with Crippen molar-refractivity contribution < 1.29 is 9.18 Å². The number of nitrogens with one attached hydrogen (secondary N) is 1. The summed E-state index contributed by atoms with van der Waals surface area (Å²) in [6.07, 6.45) is 2.55. The first-order valence-corrected chi connectivity index (χ1v) is 11.6. The van der Waals surface area contributed by atoms with Crippen LogP contribution >= 0.6 is 23.4 Å². The number of piperidine rings is 1. The molecule has 1 aliphatic rings. The number of hydrogen-bond donors (Lipinski definition) is 1. The lowest BCUT2D eigenvalue weighted by Gasteiger charge is -2.33. The molecule has 3 rings (SSSR count). The molecule has 1 heterocycles. The molecule has 0 bridgehead atoms. The summed E-state index contributed by atoms with van der Waals surface area (Å²) in [4.78, 5) is 14.7. The maximum atomic E-state index is 13.8. The minimum atomic E-state index is -0.332. The van der Waals surface area contributed by atoms with Crippen molar-refractivity contribution in [2.45, 2.75) is 38.5 Å². The summed E-state index contributed by atoms with van der Waals surface area (Å²) < 4.78 is 13.8. The molecule has 1 fully saturated rings. The summed E-state index contributed by atoms with van der Waals surface area (Å²) in [5.41, 5.74) is 2.89. The van der Waals surface area contributed by atoms with E-state index >= 15 is 0 Å². The molecule has 2 aromatic carbocycles. The first kappa shape index (κ1) is 22.0. The van der Waals surface area contributed by atoms with Crippen molar-refractivity contribution in [3.63, 3.8) is 0 Å². The molecule has 1 aliphatic heterocycles. The van der Waals surface area contributed by atoms with Gasteiger partial charge in [0.05, 0.1) is 11.8 Å². The number of hydrogen-bond acceptors (Lipinski definition) is 3. The highest BCUT2D eigenvalue weighted by molar-refractivity contribution is 7.99. The predicted molar refractivity (Wildman–Crippen MR) is 121 cm³/mol. The normalized spacial score (nSPS) is 17.8. The summed E-state index contributed by atoms with van der Waals surface area (Å²) in [5, 5.41) is 3.40. The van der Waals surface area contributed by atoms with Gasteiger partial charge in [-0.1, -0.05) is 36.7 Å². The SMILES string of the molecule is CC1CCCN(c2ccc(C(C)NC(=O)CSCc3ccc(Cl)cc3F)cc2)C1. The Bertz CT molecular complexity index is 830. The van der Waals surface area contributed by atoms with Crippen LogP contribution in [0.2, 0.25) is 5.02 Å². The third-order valence-corrected chi connectivity index (χ3v) is 6.52. The van der Waals surface area contributed by atoms with E-state index < -0.39 is 0 Å². The minimum Gasteiger partial charge on any atom is -0.371 e. The van der Waals surface area contributed by atoms with Crippen LogP contribution in [0, 0.1) is 11.7 Å². The fourth-order valence-electron chi connectivity index (χ4n) is 3.66. The van der Waals surface area contributed by atoms with Crippen LogP contribution in [0.25, 0.3) is 0 Å². The van der Waals surface area contributed by atoms with Crippen molar-refractivity contribution in [2.75, 3.05) is 23.7 Å². The van der Waals surface area contributed by atoms with Crippen LogP contribution in [-0.4, -0.2) is 24.7 Å². The fourth-order valence-corrected chi connectivity index (χ4v) is 4.64. The number of carbonyl (C=O) groups excluding carboxylic acids is 1. The average Bonchev–Trinajstić information content (AvgIpc) is 2.70. The second kappa shape index (κ2) is 10.4. The molecule has 0 aromatic heterocycles. The van der Waals surface area contributed by atoms with Crippen molar-refractivity contribution in [1.29, 1.82) is 0 Å². The van der Waals surface area contributed by atoms with Crippen molar-refractivity contribution in [1.82, 2.24) is 5.32 Å². The van der Waals surface area contributed by atoms with Crippen molar-refractivity contribution >= 4 is 35.0 Å². The van der Waals surface area contributed by atoms with E-state index in [-0.39, 0.29) is 23.5 Å². The molecule has 29 heavy (non-hydrogen) atoms. The number of benzene rings is 2. The highest BCUT2D eigenvalue weighted by atomic mass is 35.5. The number of anilines is 1. The molecule has 156 valence electrons. The second-order valence-corrected chi connectivity index (χ2v) is 9.22. The molecule has 0 spiro atoms. The lowest BCUT2D eigenvalue weighted by atomic mass is 9.99. The van der Waals surface area contributed by atoms with Gasteiger partial charge in [-0.25, -0.2) is 4.39 Å². The fraction of sp³-hybridized carbons (Fsp3) is 0.435. The zero-order valence-corrected chi connectivity index (χ0v) is 18.5. The van der Waals surface area contributed by atoms with Gasteiger partial charge in [0.1, 0.15) is 5.82 Å². The quantitative estimate of drug-likeness (QED) is 0.595. The molecular weight excluding hydrogens is 407 g/mol. The van der Waals surface area contributed by atoms with Gasteiger partial charge in [0, 0.05) is 29.6 Å². The summed E-state index contributed by atoms with van der Waals surface area (Å²) >= 11 is 7.15. The molecule has 0 saturated carbocycles. The molecule has 0 aliphatic carbocycles. The van der Waals surface area contributed by atoms with E-state index in [2.05, 4.69) is 41.4 Å². The Balaban J connectivity index is 1.46. The topological polar surface area (TPSA) is 32.3 Å². The van der Waals surface area contributed by atoms with Crippen LogP contribution in [-0.2, 0) is 10.5 Å². The Morgan fingerprint density at radius 3 is 2.76 bits per heavy atom. The average molecular weight is 435 g/mol. The number of nitrogens with zero attached hydrogens (tertiary/aromatic N) is 1.